The van der Waals surface area contributed by atoms with Gasteiger partial charge in [-0.3, -0.25) is 0 Å². The third kappa shape index (κ3) is 4.46. The minimum atomic E-state index is -2.79. The Bertz CT molecular complexity index is 902. The van der Waals surface area contributed by atoms with Crippen LogP contribution in [-0.2, 0) is 16.1 Å². The Hall–Kier alpha value is -2.42. The fourth-order valence-electron chi connectivity index (χ4n) is 4.54. The SMILES string of the molecule is COCOc1ccc([C@@H]2Oc3c(CO)cc(OCOC)cc3[C@@H]3CC(F)(F)C[C@@H]32)cc1. The number of fused-ring (bicyclic) bond motifs is 3. The third-order valence-corrected chi connectivity index (χ3v) is 5.84. The number of hydrogen-bond donors (Lipinski definition) is 1. The predicted octanol–water partition coefficient (Wildman–Crippen LogP) is 4.41. The van der Waals surface area contributed by atoms with Gasteiger partial charge in [0.2, 0.25) is 5.92 Å². The van der Waals surface area contributed by atoms with Gasteiger partial charge in [0.1, 0.15) is 23.4 Å². The molecule has 6 nitrogen and oxygen atoms in total. The Morgan fingerprint density at radius 3 is 2.32 bits per heavy atom. The van der Waals surface area contributed by atoms with E-state index in [1.807, 2.05) is 12.1 Å². The molecule has 2 aromatic rings. The van der Waals surface area contributed by atoms with E-state index in [1.54, 1.807) is 24.3 Å². The molecular formula is C23H26F2O6. The zero-order chi connectivity index (χ0) is 22.0. The fourth-order valence-corrected chi connectivity index (χ4v) is 4.54. The molecular weight excluding hydrogens is 410 g/mol. The summed E-state index contributed by atoms with van der Waals surface area (Å²) in [6, 6.07) is 10.6. The van der Waals surface area contributed by atoms with E-state index in [0.29, 0.717) is 28.4 Å². The average Bonchev–Trinajstić information content (AvgIpc) is 3.10. The maximum atomic E-state index is 14.5. The topological polar surface area (TPSA) is 66.4 Å². The number of benzene rings is 2. The molecule has 0 amide bonds. The van der Waals surface area contributed by atoms with Crippen molar-refractivity contribution in [2.75, 3.05) is 27.8 Å². The second-order valence-electron chi connectivity index (χ2n) is 7.90. The lowest BCUT2D eigenvalue weighted by Crippen LogP contribution is -2.27. The molecule has 0 bridgehead atoms. The monoisotopic (exact) mass is 436 g/mol. The Labute approximate surface area is 179 Å². The van der Waals surface area contributed by atoms with Gasteiger partial charge in [-0.25, -0.2) is 8.78 Å². The molecule has 4 rings (SSSR count). The van der Waals surface area contributed by atoms with Crippen molar-refractivity contribution >= 4 is 0 Å². The zero-order valence-electron chi connectivity index (χ0n) is 17.5. The summed E-state index contributed by atoms with van der Waals surface area (Å²) in [5.41, 5.74) is 1.94. The van der Waals surface area contributed by atoms with Crippen LogP contribution in [0.2, 0.25) is 0 Å². The molecule has 0 radical (unpaired) electrons. The minimum Gasteiger partial charge on any atom is -0.485 e. The summed E-state index contributed by atoms with van der Waals surface area (Å²) in [7, 11) is 3.03. The van der Waals surface area contributed by atoms with Crippen LogP contribution in [0.25, 0.3) is 0 Å². The van der Waals surface area contributed by atoms with Crippen LogP contribution in [0.3, 0.4) is 0 Å². The van der Waals surface area contributed by atoms with Crippen LogP contribution in [-0.4, -0.2) is 38.8 Å². The van der Waals surface area contributed by atoms with Crippen LogP contribution >= 0.6 is 0 Å². The summed E-state index contributed by atoms with van der Waals surface area (Å²) in [5.74, 6) is -2.08. The first-order valence-corrected chi connectivity index (χ1v) is 10.1. The number of methoxy groups -OCH3 is 2. The Morgan fingerprint density at radius 2 is 1.68 bits per heavy atom. The van der Waals surface area contributed by atoms with Gasteiger partial charge in [0, 0.05) is 50.0 Å². The Balaban J connectivity index is 1.71. The zero-order valence-corrected chi connectivity index (χ0v) is 17.5. The summed E-state index contributed by atoms with van der Waals surface area (Å²) < 4.78 is 56.1. The maximum absolute atomic E-state index is 14.5. The van der Waals surface area contributed by atoms with Gasteiger partial charge >= 0.3 is 0 Å². The summed E-state index contributed by atoms with van der Waals surface area (Å²) in [6.07, 6.45) is -1.09. The van der Waals surface area contributed by atoms with E-state index in [2.05, 4.69) is 0 Å². The molecule has 8 heteroatoms. The third-order valence-electron chi connectivity index (χ3n) is 5.84. The molecule has 1 aliphatic heterocycles. The molecule has 1 fully saturated rings. The van der Waals surface area contributed by atoms with Gasteiger partial charge < -0.3 is 28.8 Å². The molecule has 0 aromatic heterocycles. The van der Waals surface area contributed by atoms with E-state index in [9.17, 15) is 13.9 Å². The smallest absolute Gasteiger partial charge is 0.249 e. The number of aliphatic hydroxyl groups is 1. The summed E-state index contributed by atoms with van der Waals surface area (Å²) >= 11 is 0. The summed E-state index contributed by atoms with van der Waals surface area (Å²) in [4.78, 5) is 0. The molecule has 1 aliphatic carbocycles. The number of rotatable bonds is 8. The second kappa shape index (κ2) is 8.98. The molecule has 0 unspecified atom stereocenters. The first-order chi connectivity index (χ1) is 15.0. The largest absolute Gasteiger partial charge is 0.485 e. The van der Waals surface area contributed by atoms with Crippen molar-refractivity contribution in [2.45, 2.75) is 37.4 Å². The van der Waals surface area contributed by atoms with Crippen molar-refractivity contribution < 1.29 is 37.6 Å². The van der Waals surface area contributed by atoms with Gasteiger partial charge in [-0.05, 0) is 29.8 Å². The van der Waals surface area contributed by atoms with E-state index < -0.39 is 23.9 Å². The molecule has 1 N–H and O–H groups in total. The van der Waals surface area contributed by atoms with Crippen molar-refractivity contribution in [1.29, 1.82) is 0 Å². The predicted molar refractivity (Wildman–Crippen MR) is 108 cm³/mol. The van der Waals surface area contributed by atoms with Crippen LogP contribution in [0.5, 0.6) is 17.2 Å². The lowest BCUT2D eigenvalue weighted by molar-refractivity contribution is -0.00245. The number of hydrogen-bond acceptors (Lipinski definition) is 6. The van der Waals surface area contributed by atoms with Crippen molar-refractivity contribution in [2.24, 2.45) is 5.92 Å². The van der Waals surface area contributed by atoms with Crippen molar-refractivity contribution in [1.82, 2.24) is 0 Å². The lowest BCUT2D eigenvalue weighted by Gasteiger charge is -2.37. The molecule has 31 heavy (non-hydrogen) atoms. The number of alkyl halides is 2. The van der Waals surface area contributed by atoms with Crippen LogP contribution < -0.4 is 14.2 Å². The number of ether oxygens (including phenoxy) is 5. The van der Waals surface area contributed by atoms with Gasteiger partial charge in [0.05, 0.1) is 6.61 Å². The standard InChI is InChI=1S/C23H26F2O6/c1-27-12-29-16-5-3-14(4-6-16)21-20-10-23(24,25)9-19(20)18-8-17(30-13-28-2)7-15(11-26)22(18)31-21/h3-8,19-21,26H,9-13H2,1-2H3/t19-,20-,21-/m0/s1. The first kappa shape index (κ1) is 21.8. The Kier molecular flexibility index (Phi) is 6.31. The van der Waals surface area contributed by atoms with E-state index >= 15 is 0 Å². The normalized spacial score (nSPS) is 23.6. The summed E-state index contributed by atoms with van der Waals surface area (Å²) in [5, 5.41) is 9.92. The highest BCUT2D eigenvalue weighted by molar-refractivity contribution is 5.52. The molecule has 2 aromatic carbocycles. The quantitative estimate of drug-likeness (QED) is 0.619. The maximum Gasteiger partial charge on any atom is 0.249 e. The molecule has 2 aliphatic rings. The molecule has 3 atom stereocenters. The average molecular weight is 436 g/mol. The van der Waals surface area contributed by atoms with Crippen molar-refractivity contribution in [3.8, 4) is 17.2 Å². The van der Waals surface area contributed by atoms with Crippen LogP contribution in [0.1, 0.15) is 41.6 Å². The van der Waals surface area contributed by atoms with E-state index in [1.165, 1.54) is 14.2 Å². The van der Waals surface area contributed by atoms with Crippen LogP contribution in [0.4, 0.5) is 8.78 Å². The number of halogens is 2. The second-order valence-corrected chi connectivity index (χ2v) is 7.90. The van der Waals surface area contributed by atoms with Gasteiger partial charge in [-0.1, -0.05) is 12.1 Å². The minimum absolute atomic E-state index is 0.0227. The lowest BCUT2D eigenvalue weighted by atomic mass is 9.79. The molecule has 168 valence electrons. The Morgan fingerprint density at radius 1 is 1.00 bits per heavy atom. The van der Waals surface area contributed by atoms with Crippen LogP contribution in [0, 0.1) is 5.92 Å². The molecule has 0 spiro atoms. The summed E-state index contributed by atoms with van der Waals surface area (Å²) in [6.45, 7) is -0.150. The van der Waals surface area contributed by atoms with Gasteiger partial charge in [-0.2, -0.15) is 0 Å². The van der Waals surface area contributed by atoms with Crippen LogP contribution in [0.15, 0.2) is 36.4 Å². The highest BCUT2D eigenvalue weighted by atomic mass is 19.3. The van der Waals surface area contributed by atoms with Gasteiger partial charge in [0.25, 0.3) is 0 Å². The van der Waals surface area contributed by atoms with E-state index in [-0.39, 0.29) is 33.0 Å². The number of aliphatic hydroxyl groups excluding tert-OH is 1. The molecule has 0 saturated heterocycles. The van der Waals surface area contributed by atoms with Gasteiger partial charge in [-0.15, -0.1) is 0 Å². The van der Waals surface area contributed by atoms with Crippen molar-refractivity contribution in [3.05, 3.63) is 53.1 Å². The fraction of sp³-hybridized carbons (Fsp3) is 0.478. The molecule has 1 heterocycles. The first-order valence-electron chi connectivity index (χ1n) is 10.1. The van der Waals surface area contributed by atoms with E-state index in [4.69, 9.17) is 23.7 Å². The highest BCUT2D eigenvalue weighted by Crippen LogP contribution is 2.59. The van der Waals surface area contributed by atoms with Crippen molar-refractivity contribution in [3.63, 3.8) is 0 Å². The molecule has 1 saturated carbocycles. The highest BCUT2D eigenvalue weighted by Gasteiger charge is 2.53. The van der Waals surface area contributed by atoms with E-state index in [0.717, 1.165) is 5.56 Å². The van der Waals surface area contributed by atoms with Gasteiger partial charge in [0.15, 0.2) is 13.6 Å².